The number of nitrogens with zero attached hydrogens (tertiary/aromatic N) is 4. The van der Waals surface area contributed by atoms with Gasteiger partial charge in [0.2, 0.25) is 0 Å². The van der Waals surface area contributed by atoms with E-state index in [9.17, 15) is 0 Å². The molecule has 0 saturated carbocycles. The highest BCUT2D eigenvalue weighted by Crippen LogP contribution is 2.19. The Balaban J connectivity index is 1.73. The second-order valence-corrected chi connectivity index (χ2v) is 4.92. The summed E-state index contributed by atoms with van der Waals surface area (Å²) in [5, 5.41) is 23.9. The molecule has 6 nitrogen and oxygen atoms in total. The van der Waals surface area contributed by atoms with Crippen LogP contribution in [0.5, 0.6) is 0 Å². The third-order valence-electron chi connectivity index (χ3n) is 3.24. The monoisotopic (exact) mass is 312 g/mol. The molecule has 0 amide bonds. The van der Waals surface area contributed by atoms with Crippen LogP contribution in [0.4, 0.5) is 23.0 Å². The topological polar surface area (TPSA) is 97.4 Å². The van der Waals surface area contributed by atoms with Gasteiger partial charge in [0.1, 0.15) is 18.0 Å². The molecule has 2 N–H and O–H groups in total. The molecule has 0 spiro atoms. The largest absolute Gasteiger partial charge is 0.340 e. The highest BCUT2D eigenvalue weighted by atomic mass is 15.1. The van der Waals surface area contributed by atoms with Crippen molar-refractivity contribution in [1.82, 2.24) is 9.97 Å². The molecule has 0 atom stereocenters. The van der Waals surface area contributed by atoms with Crippen LogP contribution in [-0.4, -0.2) is 9.97 Å². The molecule has 0 fully saturated rings. The second kappa shape index (κ2) is 6.91. The first-order valence-corrected chi connectivity index (χ1v) is 7.13. The average molecular weight is 312 g/mol. The van der Waals surface area contributed by atoms with Gasteiger partial charge in [0.15, 0.2) is 0 Å². The van der Waals surface area contributed by atoms with Gasteiger partial charge < -0.3 is 10.6 Å². The first kappa shape index (κ1) is 15.0. The Morgan fingerprint density at radius 3 is 1.46 bits per heavy atom. The van der Waals surface area contributed by atoms with Crippen LogP contribution in [0.3, 0.4) is 0 Å². The fourth-order valence-corrected chi connectivity index (χ4v) is 2.05. The summed E-state index contributed by atoms with van der Waals surface area (Å²) < 4.78 is 0. The van der Waals surface area contributed by atoms with Crippen molar-refractivity contribution in [2.24, 2.45) is 0 Å². The number of nitrogens with one attached hydrogen (secondary N) is 2. The Hall–Kier alpha value is -3.90. The molecular formula is C18H12N6. The lowest BCUT2D eigenvalue weighted by Gasteiger charge is -2.09. The van der Waals surface area contributed by atoms with Crippen LogP contribution in [0.15, 0.2) is 60.9 Å². The maximum Gasteiger partial charge on any atom is 0.135 e. The Morgan fingerprint density at radius 2 is 1.08 bits per heavy atom. The smallest absolute Gasteiger partial charge is 0.135 e. The summed E-state index contributed by atoms with van der Waals surface area (Å²) in [7, 11) is 0. The molecule has 0 aliphatic rings. The zero-order valence-corrected chi connectivity index (χ0v) is 12.6. The average Bonchev–Trinajstić information content (AvgIpc) is 2.63. The number of anilines is 4. The van der Waals surface area contributed by atoms with Gasteiger partial charge in [-0.1, -0.05) is 0 Å². The van der Waals surface area contributed by atoms with Gasteiger partial charge >= 0.3 is 0 Å². The summed E-state index contributed by atoms with van der Waals surface area (Å²) in [6, 6.07) is 20.1. The maximum atomic E-state index is 8.81. The van der Waals surface area contributed by atoms with Crippen molar-refractivity contribution >= 4 is 23.0 Å². The van der Waals surface area contributed by atoms with Crippen LogP contribution < -0.4 is 10.6 Å². The van der Waals surface area contributed by atoms with Crippen molar-refractivity contribution in [3.05, 3.63) is 72.1 Å². The molecular weight excluding hydrogens is 300 g/mol. The minimum Gasteiger partial charge on any atom is -0.340 e. The van der Waals surface area contributed by atoms with E-state index in [2.05, 4.69) is 32.7 Å². The number of rotatable bonds is 4. The van der Waals surface area contributed by atoms with Crippen molar-refractivity contribution in [2.45, 2.75) is 0 Å². The third kappa shape index (κ3) is 3.65. The Labute approximate surface area is 139 Å². The van der Waals surface area contributed by atoms with Gasteiger partial charge in [-0.05, 0) is 48.5 Å². The third-order valence-corrected chi connectivity index (χ3v) is 3.24. The van der Waals surface area contributed by atoms with E-state index in [-0.39, 0.29) is 0 Å². The van der Waals surface area contributed by atoms with Gasteiger partial charge in [-0.2, -0.15) is 10.5 Å². The van der Waals surface area contributed by atoms with E-state index < -0.39 is 0 Å². The SMILES string of the molecule is N#Cc1ccc(Nc2cc(Nc3ccc(C#N)cc3)ncn2)cc1. The molecule has 2 aromatic carbocycles. The molecule has 114 valence electrons. The lowest BCUT2D eigenvalue weighted by Crippen LogP contribution is -1.98. The molecule has 0 radical (unpaired) electrons. The van der Waals surface area contributed by atoms with Crippen molar-refractivity contribution in [2.75, 3.05) is 10.6 Å². The minimum atomic E-state index is 0.603. The van der Waals surface area contributed by atoms with Crippen LogP contribution in [0.25, 0.3) is 0 Å². The van der Waals surface area contributed by atoms with E-state index in [1.807, 2.05) is 24.3 Å². The van der Waals surface area contributed by atoms with Crippen molar-refractivity contribution in [3.63, 3.8) is 0 Å². The predicted octanol–water partition coefficient (Wildman–Crippen LogP) is 3.71. The number of aromatic nitrogens is 2. The zero-order chi connectivity index (χ0) is 16.8. The predicted molar refractivity (Wildman–Crippen MR) is 90.9 cm³/mol. The molecule has 6 heteroatoms. The first-order chi connectivity index (χ1) is 11.8. The lowest BCUT2D eigenvalue weighted by molar-refractivity contribution is 1.17. The summed E-state index contributed by atoms with van der Waals surface area (Å²) in [4.78, 5) is 8.35. The highest BCUT2D eigenvalue weighted by molar-refractivity contribution is 5.63. The number of benzene rings is 2. The molecule has 0 bridgehead atoms. The minimum absolute atomic E-state index is 0.603. The summed E-state index contributed by atoms with van der Waals surface area (Å²) >= 11 is 0. The van der Waals surface area contributed by atoms with E-state index in [0.717, 1.165) is 11.4 Å². The van der Waals surface area contributed by atoms with Crippen molar-refractivity contribution in [3.8, 4) is 12.1 Å². The molecule has 3 aromatic rings. The van der Waals surface area contributed by atoms with Crippen LogP contribution >= 0.6 is 0 Å². The van der Waals surface area contributed by atoms with E-state index in [0.29, 0.717) is 22.8 Å². The maximum absolute atomic E-state index is 8.81. The first-order valence-electron chi connectivity index (χ1n) is 7.13. The van der Waals surface area contributed by atoms with Gasteiger partial charge in [0, 0.05) is 17.4 Å². The molecule has 0 aliphatic heterocycles. The van der Waals surface area contributed by atoms with E-state index in [4.69, 9.17) is 10.5 Å². The second-order valence-electron chi connectivity index (χ2n) is 4.92. The summed E-state index contributed by atoms with van der Waals surface area (Å²) in [6.07, 6.45) is 1.46. The van der Waals surface area contributed by atoms with Crippen molar-refractivity contribution in [1.29, 1.82) is 10.5 Å². The van der Waals surface area contributed by atoms with Gasteiger partial charge in [-0.25, -0.2) is 9.97 Å². The Morgan fingerprint density at radius 1 is 0.667 bits per heavy atom. The van der Waals surface area contributed by atoms with Crippen molar-refractivity contribution < 1.29 is 0 Å². The summed E-state index contributed by atoms with van der Waals surface area (Å²) in [6.45, 7) is 0. The van der Waals surface area contributed by atoms with Gasteiger partial charge in [0.05, 0.1) is 23.3 Å². The Kier molecular flexibility index (Phi) is 4.32. The molecule has 1 heterocycles. The normalized spacial score (nSPS) is 9.58. The molecule has 24 heavy (non-hydrogen) atoms. The lowest BCUT2D eigenvalue weighted by atomic mass is 10.2. The summed E-state index contributed by atoms with van der Waals surface area (Å²) in [5.74, 6) is 1.26. The van der Waals surface area contributed by atoms with Crippen LogP contribution in [0.2, 0.25) is 0 Å². The number of hydrogen-bond donors (Lipinski definition) is 2. The van der Waals surface area contributed by atoms with E-state index >= 15 is 0 Å². The number of nitriles is 2. The van der Waals surface area contributed by atoms with Gasteiger partial charge in [-0.15, -0.1) is 0 Å². The highest BCUT2D eigenvalue weighted by Gasteiger charge is 2.01. The molecule has 0 aliphatic carbocycles. The fraction of sp³-hybridized carbons (Fsp3) is 0. The fourth-order valence-electron chi connectivity index (χ4n) is 2.05. The van der Waals surface area contributed by atoms with E-state index in [1.165, 1.54) is 6.33 Å². The van der Waals surface area contributed by atoms with Gasteiger partial charge in [0.25, 0.3) is 0 Å². The molecule has 1 aromatic heterocycles. The Bertz CT molecular complexity index is 843. The zero-order valence-electron chi connectivity index (χ0n) is 12.6. The molecule has 0 saturated heterocycles. The van der Waals surface area contributed by atoms with Gasteiger partial charge in [-0.3, -0.25) is 0 Å². The summed E-state index contributed by atoms with van der Waals surface area (Å²) in [5.41, 5.74) is 2.87. The molecule has 0 unspecified atom stereocenters. The van der Waals surface area contributed by atoms with Crippen LogP contribution in [-0.2, 0) is 0 Å². The molecule has 3 rings (SSSR count). The standard InChI is InChI=1S/C18H12N6/c19-10-13-1-5-15(6-2-13)23-17-9-18(22-12-21-17)24-16-7-3-14(11-20)4-8-16/h1-9,12H,(H2,21,22,23,24). The van der Waals surface area contributed by atoms with Crippen LogP contribution in [0.1, 0.15) is 11.1 Å². The van der Waals surface area contributed by atoms with Crippen LogP contribution in [0, 0.1) is 22.7 Å². The van der Waals surface area contributed by atoms with E-state index in [1.54, 1.807) is 30.3 Å². The number of hydrogen-bond acceptors (Lipinski definition) is 6. The quantitative estimate of drug-likeness (QED) is 0.762.